The van der Waals surface area contributed by atoms with Crippen molar-refractivity contribution in [2.24, 2.45) is 0 Å². The van der Waals surface area contributed by atoms with Crippen LogP contribution in [0.25, 0.3) is 5.57 Å². The summed E-state index contributed by atoms with van der Waals surface area (Å²) in [5.74, 6) is 1.31. The number of piperazine rings is 1. The number of hydrogen-bond donors (Lipinski definition) is 2. The number of ether oxygens (including phenoxy) is 1. The summed E-state index contributed by atoms with van der Waals surface area (Å²) >= 11 is 0. The van der Waals surface area contributed by atoms with Crippen molar-refractivity contribution in [1.82, 2.24) is 15.6 Å². The predicted molar refractivity (Wildman–Crippen MR) is 105 cm³/mol. The Hall–Kier alpha value is -2.60. The summed E-state index contributed by atoms with van der Waals surface area (Å²) in [6.07, 6.45) is 2.56. The molecule has 1 aromatic carbocycles. The molecule has 2 aliphatic rings. The largest absolute Gasteiger partial charge is 0.496 e. The first kappa shape index (κ1) is 17.8. The van der Waals surface area contributed by atoms with Gasteiger partial charge in [0.1, 0.15) is 17.4 Å². The number of nitrogens with zero attached hydrogens (tertiary/aromatic N) is 2. The summed E-state index contributed by atoms with van der Waals surface area (Å²) in [6.45, 7) is 5.98. The van der Waals surface area contributed by atoms with Crippen LogP contribution < -0.4 is 20.3 Å². The third kappa shape index (κ3) is 3.62. The zero-order valence-electron chi connectivity index (χ0n) is 15.8. The van der Waals surface area contributed by atoms with Gasteiger partial charge in [-0.25, -0.2) is 9.37 Å². The third-order valence-electron chi connectivity index (χ3n) is 5.17. The SMILES string of the molecule is COc1cccc(F)c1C1=CNC(c2cc(C)cc(N3CCNCC3)n2)C1. The van der Waals surface area contributed by atoms with E-state index in [1.807, 2.05) is 6.20 Å². The highest BCUT2D eigenvalue weighted by Crippen LogP contribution is 2.37. The fraction of sp³-hybridized carbons (Fsp3) is 0.381. The van der Waals surface area contributed by atoms with Gasteiger partial charge in [-0.3, -0.25) is 0 Å². The molecule has 0 amide bonds. The van der Waals surface area contributed by atoms with Crippen LogP contribution in [0.2, 0.25) is 0 Å². The fourth-order valence-electron chi connectivity index (χ4n) is 3.80. The average molecular weight is 368 g/mol. The Balaban J connectivity index is 1.57. The van der Waals surface area contributed by atoms with Crippen molar-refractivity contribution in [3.05, 3.63) is 59.2 Å². The molecule has 142 valence electrons. The van der Waals surface area contributed by atoms with Gasteiger partial charge in [0, 0.05) is 38.8 Å². The van der Waals surface area contributed by atoms with Crippen LogP contribution in [-0.2, 0) is 0 Å². The molecule has 2 aliphatic heterocycles. The molecule has 3 heterocycles. The van der Waals surface area contributed by atoms with Gasteiger partial charge in [0.25, 0.3) is 0 Å². The van der Waals surface area contributed by atoms with E-state index in [4.69, 9.17) is 9.72 Å². The second-order valence-electron chi connectivity index (χ2n) is 7.07. The van der Waals surface area contributed by atoms with E-state index >= 15 is 0 Å². The topological polar surface area (TPSA) is 49.4 Å². The molecule has 0 spiro atoms. The van der Waals surface area contributed by atoms with Crippen molar-refractivity contribution in [1.29, 1.82) is 0 Å². The van der Waals surface area contributed by atoms with E-state index < -0.39 is 0 Å². The molecule has 0 saturated carbocycles. The Bertz CT molecular complexity index is 861. The fourth-order valence-corrected chi connectivity index (χ4v) is 3.80. The maximum Gasteiger partial charge on any atom is 0.134 e. The van der Waals surface area contributed by atoms with E-state index in [0.29, 0.717) is 17.7 Å². The van der Waals surface area contributed by atoms with Crippen LogP contribution in [0.5, 0.6) is 5.75 Å². The highest BCUT2D eigenvalue weighted by atomic mass is 19.1. The quantitative estimate of drug-likeness (QED) is 0.869. The molecule has 2 N–H and O–H groups in total. The molecule has 4 rings (SSSR count). The lowest BCUT2D eigenvalue weighted by atomic mass is 9.99. The molecule has 1 aromatic heterocycles. The van der Waals surface area contributed by atoms with E-state index in [1.165, 1.54) is 11.6 Å². The van der Waals surface area contributed by atoms with Crippen LogP contribution in [0.15, 0.2) is 36.5 Å². The Morgan fingerprint density at radius 1 is 1.22 bits per heavy atom. The van der Waals surface area contributed by atoms with Gasteiger partial charge in [0.05, 0.1) is 24.4 Å². The average Bonchev–Trinajstić information content (AvgIpc) is 3.17. The molecule has 0 radical (unpaired) electrons. The number of aromatic nitrogens is 1. The maximum absolute atomic E-state index is 14.4. The van der Waals surface area contributed by atoms with Gasteiger partial charge in [0.15, 0.2) is 0 Å². The number of hydrogen-bond acceptors (Lipinski definition) is 5. The van der Waals surface area contributed by atoms with Gasteiger partial charge in [-0.15, -0.1) is 0 Å². The molecule has 1 atom stereocenters. The minimum absolute atomic E-state index is 0.0332. The zero-order valence-corrected chi connectivity index (χ0v) is 15.8. The van der Waals surface area contributed by atoms with Gasteiger partial charge in [0.2, 0.25) is 0 Å². The van der Waals surface area contributed by atoms with Crippen molar-refractivity contribution < 1.29 is 9.13 Å². The van der Waals surface area contributed by atoms with Crippen LogP contribution >= 0.6 is 0 Å². The van der Waals surface area contributed by atoms with Gasteiger partial charge in [-0.05, 0) is 42.3 Å². The summed E-state index contributed by atoms with van der Waals surface area (Å²) < 4.78 is 19.8. The molecule has 5 nitrogen and oxygen atoms in total. The highest BCUT2D eigenvalue weighted by molar-refractivity contribution is 5.73. The smallest absolute Gasteiger partial charge is 0.134 e. The van der Waals surface area contributed by atoms with Crippen LogP contribution in [0, 0.1) is 12.7 Å². The number of methoxy groups -OCH3 is 1. The Morgan fingerprint density at radius 3 is 2.81 bits per heavy atom. The van der Waals surface area contributed by atoms with E-state index in [0.717, 1.165) is 43.3 Å². The lowest BCUT2D eigenvalue weighted by Gasteiger charge is -2.29. The lowest BCUT2D eigenvalue weighted by molar-refractivity contribution is 0.409. The summed E-state index contributed by atoms with van der Waals surface area (Å²) in [7, 11) is 1.57. The van der Waals surface area contributed by atoms with Crippen molar-refractivity contribution >= 4 is 11.4 Å². The Morgan fingerprint density at radius 2 is 2.04 bits per heavy atom. The molecule has 1 saturated heterocycles. The van der Waals surface area contributed by atoms with Crippen molar-refractivity contribution in [3.8, 4) is 5.75 Å². The van der Waals surface area contributed by atoms with Crippen molar-refractivity contribution in [3.63, 3.8) is 0 Å². The van der Waals surface area contributed by atoms with E-state index in [1.54, 1.807) is 19.2 Å². The minimum atomic E-state index is -0.262. The van der Waals surface area contributed by atoms with E-state index in [9.17, 15) is 4.39 Å². The monoisotopic (exact) mass is 368 g/mol. The van der Waals surface area contributed by atoms with Gasteiger partial charge in [-0.2, -0.15) is 0 Å². The maximum atomic E-state index is 14.4. The molecule has 0 bridgehead atoms. The number of benzene rings is 1. The number of nitrogens with one attached hydrogen (secondary N) is 2. The van der Waals surface area contributed by atoms with Crippen LogP contribution in [-0.4, -0.2) is 38.3 Å². The summed E-state index contributed by atoms with van der Waals surface area (Å²) in [6, 6.07) is 9.21. The minimum Gasteiger partial charge on any atom is -0.496 e. The van der Waals surface area contributed by atoms with Crippen molar-refractivity contribution in [2.75, 3.05) is 38.2 Å². The predicted octanol–water partition coefficient (Wildman–Crippen LogP) is 3.02. The van der Waals surface area contributed by atoms with Crippen molar-refractivity contribution in [2.45, 2.75) is 19.4 Å². The summed E-state index contributed by atoms with van der Waals surface area (Å²) in [5, 5.41) is 6.75. The standard InChI is InChI=1S/C21H25FN4O/c1-14-10-18(25-20(11-14)26-8-6-23-7-9-26)17-12-15(13-24-17)21-16(22)4-3-5-19(21)27-2/h3-5,10-11,13,17,23-24H,6-9,12H2,1-2H3. The first-order valence-electron chi connectivity index (χ1n) is 9.38. The normalized spacial score (nSPS) is 19.6. The molecule has 1 fully saturated rings. The number of anilines is 1. The third-order valence-corrected chi connectivity index (χ3v) is 5.17. The van der Waals surface area contributed by atoms with Crippen LogP contribution in [0.3, 0.4) is 0 Å². The van der Waals surface area contributed by atoms with Gasteiger partial charge < -0.3 is 20.3 Å². The zero-order chi connectivity index (χ0) is 18.8. The molecule has 27 heavy (non-hydrogen) atoms. The number of pyridine rings is 1. The van der Waals surface area contributed by atoms with Crippen LogP contribution in [0.4, 0.5) is 10.2 Å². The van der Waals surface area contributed by atoms with Crippen LogP contribution in [0.1, 0.15) is 29.3 Å². The molecule has 0 aliphatic carbocycles. The summed E-state index contributed by atoms with van der Waals surface area (Å²) in [5.41, 5.74) is 3.62. The molecule has 1 unspecified atom stereocenters. The Labute approximate surface area is 159 Å². The first-order valence-corrected chi connectivity index (χ1v) is 9.38. The van der Waals surface area contributed by atoms with Gasteiger partial charge in [-0.1, -0.05) is 6.07 Å². The lowest BCUT2D eigenvalue weighted by Crippen LogP contribution is -2.44. The second kappa shape index (κ2) is 7.56. The van der Waals surface area contributed by atoms with E-state index in [-0.39, 0.29) is 11.9 Å². The number of halogens is 1. The molecule has 6 heteroatoms. The second-order valence-corrected chi connectivity index (χ2v) is 7.07. The Kier molecular flexibility index (Phi) is 4.99. The number of rotatable bonds is 4. The van der Waals surface area contributed by atoms with E-state index in [2.05, 4.69) is 34.6 Å². The molecular formula is C21H25FN4O. The molecule has 2 aromatic rings. The molecular weight excluding hydrogens is 343 g/mol. The number of aryl methyl sites for hydroxylation is 1. The summed E-state index contributed by atoms with van der Waals surface area (Å²) in [4.78, 5) is 7.23. The highest BCUT2D eigenvalue weighted by Gasteiger charge is 2.25. The first-order chi connectivity index (χ1) is 13.2. The van der Waals surface area contributed by atoms with Gasteiger partial charge >= 0.3 is 0 Å².